The fourth-order valence-electron chi connectivity index (χ4n) is 1.42. The Morgan fingerprint density at radius 3 is 2.75 bits per heavy atom. The van der Waals surface area contributed by atoms with Gasteiger partial charge in [-0.15, -0.1) is 11.3 Å². The molecule has 16 heavy (non-hydrogen) atoms. The lowest BCUT2D eigenvalue weighted by Crippen LogP contribution is -2.46. The maximum absolute atomic E-state index is 11.7. The second kappa shape index (κ2) is 5.41. The van der Waals surface area contributed by atoms with Crippen molar-refractivity contribution in [3.8, 4) is 0 Å². The third-order valence-corrected chi connectivity index (χ3v) is 3.52. The van der Waals surface area contributed by atoms with E-state index < -0.39 is 0 Å². The molecule has 1 heterocycles. The van der Waals surface area contributed by atoms with E-state index in [-0.39, 0.29) is 11.4 Å². The first-order valence-corrected chi connectivity index (χ1v) is 6.21. The fraction of sp³-hybridized carbons (Fsp3) is 0.636. The van der Waals surface area contributed by atoms with Crippen LogP contribution in [0.25, 0.3) is 0 Å². The Labute approximate surface area is 101 Å². The molecule has 0 aliphatic heterocycles. The van der Waals surface area contributed by atoms with Gasteiger partial charge in [0, 0.05) is 11.6 Å². The summed E-state index contributed by atoms with van der Waals surface area (Å²) in [7, 11) is 3.76. The maximum atomic E-state index is 11.7. The molecule has 1 atom stereocenters. The number of carbonyl (C=O) groups is 1. The number of nitrogens with one attached hydrogen (secondary N) is 1. The van der Waals surface area contributed by atoms with Crippen molar-refractivity contribution in [1.29, 1.82) is 0 Å². The lowest BCUT2D eigenvalue weighted by Gasteiger charge is -2.28. The van der Waals surface area contributed by atoms with Gasteiger partial charge in [0.2, 0.25) is 5.91 Å². The topological polar surface area (TPSA) is 45.2 Å². The maximum Gasteiger partial charge on any atom is 0.234 e. The van der Waals surface area contributed by atoms with E-state index in [1.54, 1.807) is 17.5 Å². The van der Waals surface area contributed by atoms with Crippen LogP contribution < -0.4 is 5.32 Å². The molecule has 4 nitrogen and oxygen atoms in total. The zero-order valence-electron chi connectivity index (χ0n) is 10.3. The van der Waals surface area contributed by atoms with Gasteiger partial charge in [0.1, 0.15) is 5.01 Å². The third-order valence-electron chi connectivity index (χ3n) is 2.49. The SMILES string of the molecule is CC[C@@](C)(NC(=O)CN(C)C)c1nccs1. The van der Waals surface area contributed by atoms with E-state index in [0.717, 1.165) is 11.4 Å². The van der Waals surface area contributed by atoms with E-state index in [4.69, 9.17) is 0 Å². The molecule has 5 heteroatoms. The van der Waals surface area contributed by atoms with Gasteiger partial charge in [0.15, 0.2) is 0 Å². The number of hydrogen-bond donors (Lipinski definition) is 1. The number of hydrogen-bond acceptors (Lipinski definition) is 4. The highest BCUT2D eigenvalue weighted by Crippen LogP contribution is 2.25. The van der Waals surface area contributed by atoms with Gasteiger partial charge in [-0.3, -0.25) is 4.79 Å². The zero-order chi connectivity index (χ0) is 12.2. The summed E-state index contributed by atoms with van der Waals surface area (Å²) in [5.74, 6) is 0.0320. The van der Waals surface area contributed by atoms with Gasteiger partial charge >= 0.3 is 0 Å². The molecule has 90 valence electrons. The van der Waals surface area contributed by atoms with Crippen LogP contribution in [0.1, 0.15) is 25.3 Å². The van der Waals surface area contributed by atoms with Gasteiger partial charge in [-0.2, -0.15) is 0 Å². The van der Waals surface area contributed by atoms with Crippen molar-refractivity contribution >= 4 is 17.2 Å². The molecule has 0 unspecified atom stereocenters. The Kier molecular flexibility index (Phi) is 4.44. The van der Waals surface area contributed by atoms with Crippen LogP contribution in [0.4, 0.5) is 0 Å². The summed E-state index contributed by atoms with van der Waals surface area (Å²) in [6.45, 7) is 4.47. The normalized spacial score (nSPS) is 14.8. The summed E-state index contributed by atoms with van der Waals surface area (Å²) in [5.41, 5.74) is -0.346. The fourth-order valence-corrected chi connectivity index (χ4v) is 2.25. The van der Waals surface area contributed by atoms with Crippen LogP contribution in [0.15, 0.2) is 11.6 Å². The van der Waals surface area contributed by atoms with Gasteiger partial charge in [0.05, 0.1) is 12.1 Å². The van der Waals surface area contributed by atoms with Gasteiger partial charge in [-0.25, -0.2) is 4.98 Å². The van der Waals surface area contributed by atoms with E-state index in [0.29, 0.717) is 6.54 Å². The van der Waals surface area contributed by atoms with Crippen molar-refractivity contribution in [3.05, 3.63) is 16.6 Å². The van der Waals surface area contributed by atoms with Gasteiger partial charge in [-0.1, -0.05) is 6.92 Å². The lowest BCUT2D eigenvalue weighted by molar-refractivity contribution is -0.123. The first kappa shape index (κ1) is 13.1. The minimum Gasteiger partial charge on any atom is -0.343 e. The molecule has 0 saturated carbocycles. The molecule has 0 spiro atoms. The second-order valence-corrected chi connectivity index (χ2v) is 5.20. The van der Waals surface area contributed by atoms with Crippen LogP contribution in [0.5, 0.6) is 0 Å². The second-order valence-electron chi connectivity index (χ2n) is 4.31. The van der Waals surface area contributed by atoms with Crippen molar-refractivity contribution in [2.75, 3.05) is 20.6 Å². The number of likely N-dealkylation sites (N-methyl/N-ethyl adjacent to an activating group) is 1. The van der Waals surface area contributed by atoms with E-state index in [2.05, 4.69) is 17.2 Å². The predicted molar refractivity (Wildman–Crippen MR) is 66.5 cm³/mol. The molecule has 0 bridgehead atoms. The molecule has 1 amide bonds. The monoisotopic (exact) mass is 241 g/mol. The molecule has 0 aromatic carbocycles. The van der Waals surface area contributed by atoms with E-state index in [1.165, 1.54) is 0 Å². The van der Waals surface area contributed by atoms with E-state index in [1.807, 2.05) is 31.3 Å². The summed E-state index contributed by atoms with van der Waals surface area (Å²) in [6.07, 6.45) is 2.60. The number of thiazole rings is 1. The minimum absolute atomic E-state index is 0.0320. The molecule has 0 aliphatic rings. The molecular formula is C11H19N3OS. The Morgan fingerprint density at radius 1 is 1.62 bits per heavy atom. The summed E-state index contributed by atoms with van der Waals surface area (Å²) in [5, 5.41) is 5.94. The van der Waals surface area contributed by atoms with Crippen LogP contribution in [-0.4, -0.2) is 36.4 Å². The standard InChI is InChI=1S/C11H19N3OS/c1-5-11(2,10-12-6-7-16-10)13-9(15)8-14(3)4/h6-7H,5,8H2,1-4H3,(H,13,15)/t11-/m1/s1. The van der Waals surface area contributed by atoms with Crippen LogP contribution in [0, 0.1) is 0 Å². The molecular weight excluding hydrogens is 222 g/mol. The summed E-state index contributed by atoms with van der Waals surface area (Å²) in [4.78, 5) is 17.9. The molecule has 0 fully saturated rings. The molecule has 0 radical (unpaired) electrons. The number of nitrogens with zero attached hydrogens (tertiary/aromatic N) is 2. The summed E-state index contributed by atoms with van der Waals surface area (Å²) in [6, 6.07) is 0. The highest BCUT2D eigenvalue weighted by Gasteiger charge is 2.28. The Morgan fingerprint density at radius 2 is 2.31 bits per heavy atom. The van der Waals surface area contributed by atoms with Crippen molar-refractivity contribution in [2.45, 2.75) is 25.8 Å². The molecule has 1 aromatic rings. The average molecular weight is 241 g/mol. The number of amides is 1. The van der Waals surface area contributed by atoms with Crippen molar-refractivity contribution in [2.24, 2.45) is 0 Å². The van der Waals surface area contributed by atoms with Crippen LogP contribution >= 0.6 is 11.3 Å². The molecule has 0 saturated heterocycles. The third kappa shape index (κ3) is 3.28. The number of rotatable bonds is 5. The van der Waals surface area contributed by atoms with Crippen molar-refractivity contribution in [1.82, 2.24) is 15.2 Å². The zero-order valence-corrected chi connectivity index (χ0v) is 11.1. The smallest absolute Gasteiger partial charge is 0.234 e. The molecule has 1 rings (SSSR count). The Balaban J connectivity index is 2.71. The average Bonchev–Trinajstić information content (AvgIpc) is 2.69. The van der Waals surface area contributed by atoms with E-state index in [9.17, 15) is 4.79 Å². The molecule has 1 N–H and O–H groups in total. The summed E-state index contributed by atoms with van der Waals surface area (Å²) < 4.78 is 0. The quantitative estimate of drug-likeness (QED) is 0.848. The van der Waals surface area contributed by atoms with Gasteiger partial charge < -0.3 is 10.2 Å². The Hall–Kier alpha value is -0.940. The van der Waals surface area contributed by atoms with E-state index >= 15 is 0 Å². The van der Waals surface area contributed by atoms with Gasteiger partial charge in [0.25, 0.3) is 0 Å². The highest BCUT2D eigenvalue weighted by atomic mass is 32.1. The summed E-state index contributed by atoms with van der Waals surface area (Å²) >= 11 is 1.58. The lowest BCUT2D eigenvalue weighted by atomic mass is 10.00. The van der Waals surface area contributed by atoms with Crippen LogP contribution in [0.3, 0.4) is 0 Å². The van der Waals surface area contributed by atoms with Gasteiger partial charge in [-0.05, 0) is 27.4 Å². The van der Waals surface area contributed by atoms with Crippen LogP contribution in [0.2, 0.25) is 0 Å². The number of aromatic nitrogens is 1. The van der Waals surface area contributed by atoms with Crippen molar-refractivity contribution in [3.63, 3.8) is 0 Å². The molecule has 0 aliphatic carbocycles. The Bertz CT molecular complexity index is 337. The van der Waals surface area contributed by atoms with Crippen molar-refractivity contribution < 1.29 is 4.79 Å². The molecule has 1 aromatic heterocycles. The largest absolute Gasteiger partial charge is 0.343 e. The van der Waals surface area contributed by atoms with Crippen LogP contribution in [-0.2, 0) is 10.3 Å². The highest BCUT2D eigenvalue weighted by molar-refractivity contribution is 7.09. The first-order chi connectivity index (χ1) is 7.48. The predicted octanol–water partition coefficient (Wildman–Crippen LogP) is 1.45. The first-order valence-electron chi connectivity index (χ1n) is 5.33. The number of carbonyl (C=O) groups excluding carboxylic acids is 1. The minimum atomic E-state index is -0.346.